The Balaban J connectivity index is -0.0000000386. The van der Waals surface area contributed by atoms with Gasteiger partial charge in [-0.25, -0.2) is 0 Å². The Bertz CT molecular complexity index is 105. The Labute approximate surface area is 144 Å². The largest absolute Gasteiger partial charge is 0.400 e. The Morgan fingerprint density at radius 1 is 0.696 bits per heavy atom. The maximum atomic E-state index is 8.14. The van der Waals surface area contributed by atoms with Crippen molar-refractivity contribution in [2.45, 2.75) is 73.8 Å². The topological polar surface area (TPSA) is 121 Å². The van der Waals surface area contributed by atoms with Crippen molar-refractivity contribution in [2.75, 3.05) is 33.5 Å². The van der Waals surface area contributed by atoms with Crippen molar-refractivity contribution in [1.82, 2.24) is 0 Å². The van der Waals surface area contributed by atoms with E-state index < -0.39 is 0 Å². The summed E-state index contributed by atoms with van der Waals surface area (Å²) in [5, 5.41) is 46.7. The van der Waals surface area contributed by atoms with Crippen LogP contribution < -0.4 is 0 Å². The third-order valence-corrected chi connectivity index (χ3v) is 1.10. The van der Waals surface area contributed by atoms with Gasteiger partial charge in [0.1, 0.15) is 0 Å². The van der Waals surface area contributed by atoms with Gasteiger partial charge in [-0.15, -0.1) is 0 Å². The van der Waals surface area contributed by atoms with E-state index in [2.05, 4.69) is 6.92 Å². The van der Waals surface area contributed by atoms with Crippen molar-refractivity contribution in [3.05, 3.63) is 0 Å². The summed E-state index contributed by atoms with van der Waals surface area (Å²) >= 11 is 0. The maximum Gasteiger partial charge on any atom is 0.0483 e. The second kappa shape index (κ2) is 57.6. The highest BCUT2D eigenvalue weighted by Gasteiger charge is 1.81. The second-order valence-electron chi connectivity index (χ2n) is 4.79. The molecule has 0 radical (unpaired) electrons. The van der Waals surface area contributed by atoms with Crippen LogP contribution in [0.1, 0.15) is 67.7 Å². The van der Waals surface area contributed by atoms with Crippen LogP contribution in [0.5, 0.6) is 0 Å². The lowest BCUT2D eigenvalue weighted by atomic mass is 10.2. The molecule has 0 aliphatic carbocycles. The molecular formula is C17H46O6. The Hall–Kier alpha value is -0.240. The van der Waals surface area contributed by atoms with Crippen molar-refractivity contribution in [3.8, 4) is 0 Å². The second-order valence-corrected chi connectivity index (χ2v) is 4.79. The van der Waals surface area contributed by atoms with Crippen molar-refractivity contribution in [2.24, 2.45) is 5.92 Å². The van der Waals surface area contributed by atoms with Gasteiger partial charge in [0.25, 0.3) is 0 Å². The van der Waals surface area contributed by atoms with Crippen LogP contribution in [0.25, 0.3) is 0 Å². The average molecular weight is 347 g/mol. The predicted molar refractivity (Wildman–Crippen MR) is 99.6 cm³/mol. The molecule has 0 atom stereocenters. The maximum absolute atomic E-state index is 8.14. The number of unbranched alkanes of at least 4 members (excludes halogenated alkanes) is 1. The van der Waals surface area contributed by atoms with E-state index in [0.29, 0.717) is 25.7 Å². The zero-order chi connectivity index (χ0) is 20.1. The van der Waals surface area contributed by atoms with Gasteiger partial charge in [-0.1, -0.05) is 34.1 Å². The normalized spacial score (nSPS) is 7.83. The summed E-state index contributed by atoms with van der Waals surface area (Å²) < 4.78 is 0. The first-order valence-corrected chi connectivity index (χ1v) is 8.31. The van der Waals surface area contributed by atoms with E-state index in [9.17, 15) is 0 Å². The van der Waals surface area contributed by atoms with E-state index in [1.807, 2.05) is 20.8 Å². The molecule has 6 heteroatoms. The fourth-order valence-corrected chi connectivity index (χ4v) is 0.158. The molecule has 0 bridgehead atoms. The van der Waals surface area contributed by atoms with E-state index >= 15 is 0 Å². The first kappa shape index (κ1) is 38.4. The van der Waals surface area contributed by atoms with Crippen molar-refractivity contribution in [3.63, 3.8) is 0 Å². The van der Waals surface area contributed by atoms with E-state index in [0.717, 1.165) is 26.4 Å². The van der Waals surface area contributed by atoms with Crippen LogP contribution in [-0.2, 0) is 0 Å². The van der Waals surface area contributed by atoms with Crippen LogP contribution in [0.15, 0.2) is 0 Å². The lowest BCUT2D eigenvalue weighted by Crippen LogP contribution is -1.90. The minimum absolute atomic E-state index is 0.167. The average Bonchev–Trinajstić information content (AvgIpc) is 2.51. The van der Waals surface area contributed by atoms with Crippen molar-refractivity contribution >= 4 is 0 Å². The van der Waals surface area contributed by atoms with E-state index in [4.69, 9.17) is 30.6 Å². The molecule has 0 fully saturated rings. The first-order valence-electron chi connectivity index (χ1n) is 8.31. The number of aliphatic hydroxyl groups is 6. The lowest BCUT2D eigenvalue weighted by molar-refractivity contribution is 0.216. The Morgan fingerprint density at radius 3 is 0.913 bits per heavy atom. The first-order chi connectivity index (χ1) is 10.7. The summed E-state index contributed by atoms with van der Waals surface area (Å²) in [6, 6.07) is 0. The fraction of sp³-hybridized carbons (Fsp3) is 1.00. The molecule has 0 heterocycles. The monoisotopic (exact) mass is 346 g/mol. The molecule has 0 saturated carbocycles. The highest BCUT2D eigenvalue weighted by molar-refractivity contribution is 4.32. The number of hydrogen-bond acceptors (Lipinski definition) is 6. The van der Waals surface area contributed by atoms with Crippen LogP contribution in [0.2, 0.25) is 0 Å². The van der Waals surface area contributed by atoms with Gasteiger partial charge in [0, 0.05) is 39.6 Å². The molecule has 0 saturated heterocycles. The molecule has 6 nitrogen and oxygen atoms in total. The van der Waals surface area contributed by atoms with Gasteiger partial charge in [-0.2, -0.15) is 0 Å². The van der Waals surface area contributed by atoms with Crippen LogP contribution in [0, 0.1) is 5.92 Å². The molecule has 6 N–H and O–H groups in total. The van der Waals surface area contributed by atoms with Crippen LogP contribution >= 0.6 is 0 Å². The third kappa shape index (κ3) is 375. The molecule has 0 aromatic heterocycles. The van der Waals surface area contributed by atoms with Gasteiger partial charge in [-0.05, 0) is 39.5 Å². The Morgan fingerprint density at radius 2 is 0.913 bits per heavy atom. The summed E-state index contributed by atoms with van der Waals surface area (Å²) in [5.74, 6) is 0.440. The minimum Gasteiger partial charge on any atom is -0.400 e. The summed E-state index contributed by atoms with van der Waals surface area (Å²) in [7, 11) is 1.00. The van der Waals surface area contributed by atoms with Crippen LogP contribution in [-0.4, -0.2) is 70.3 Å². The minimum atomic E-state index is -0.167. The molecule has 0 aliphatic rings. The van der Waals surface area contributed by atoms with Gasteiger partial charge < -0.3 is 30.6 Å². The molecule has 0 aliphatic heterocycles. The van der Waals surface area contributed by atoms with Gasteiger partial charge in [-0.3, -0.25) is 0 Å². The van der Waals surface area contributed by atoms with Crippen LogP contribution in [0.4, 0.5) is 0 Å². The van der Waals surface area contributed by atoms with Gasteiger partial charge in [0.15, 0.2) is 0 Å². The van der Waals surface area contributed by atoms with Crippen LogP contribution in [0.3, 0.4) is 0 Å². The molecule has 0 spiro atoms. The highest BCUT2D eigenvalue weighted by Crippen LogP contribution is 1.83. The van der Waals surface area contributed by atoms with Crippen molar-refractivity contribution < 1.29 is 30.6 Å². The highest BCUT2D eigenvalue weighted by atomic mass is 16.3. The van der Waals surface area contributed by atoms with Gasteiger partial charge in [0.05, 0.1) is 0 Å². The molecule has 0 unspecified atom stereocenters. The molecule has 0 aromatic carbocycles. The molecule has 23 heavy (non-hydrogen) atoms. The number of hydrogen-bond donors (Lipinski definition) is 6. The molecular weight excluding hydrogens is 300 g/mol. The van der Waals surface area contributed by atoms with E-state index in [-0.39, 0.29) is 12.7 Å². The zero-order valence-corrected chi connectivity index (χ0v) is 16.8. The summed E-state index contributed by atoms with van der Waals surface area (Å²) in [4.78, 5) is 0. The molecule has 0 rings (SSSR count). The summed E-state index contributed by atoms with van der Waals surface area (Å²) in [6.45, 7) is 14.3. The summed E-state index contributed by atoms with van der Waals surface area (Å²) in [6.07, 6.45) is 2.75. The predicted octanol–water partition coefficient (Wildman–Crippen LogP) is 1.80. The standard InChI is InChI=1S/2C4H10O.2C3H8O.C2H6O.CH4O/c1-4(2)3-5;1-2-3-4-5;1-3(2)4;1-2-3-4;1-2-3;1-2/h4-5H,3H2,1-2H3;5H,2-4H2,1H3;3-4H,1-2H3;4H,2-3H2,1H3;3H,2H2,1H3;2H,1H3. The fourth-order valence-electron chi connectivity index (χ4n) is 0.158. The molecule has 0 amide bonds. The van der Waals surface area contributed by atoms with E-state index in [1.54, 1.807) is 20.8 Å². The zero-order valence-electron chi connectivity index (χ0n) is 16.8. The SMILES string of the molecule is CC(C)CO.CC(C)O.CCCCO.CCCO.CCO.CO. The Kier molecular flexibility index (Phi) is 96.1. The van der Waals surface area contributed by atoms with Gasteiger partial charge in [0.2, 0.25) is 0 Å². The van der Waals surface area contributed by atoms with Gasteiger partial charge >= 0.3 is 0 Å². The third-order valence-electron chi connectivity index (χ3n) is 1.10. The summed E-state index contributed by atoms with van der Waals surface area (Å²) in [5.41, 5.74) is 0. The quantitative estimate of drug-likeness (QED) is 0.461. The number of rotatable bonds is 4. The lowest BCUT2D eigenvalue weighted by Gasteiger charge is -1.90. The molecule has 150 valence electrons. The molecule has 0 aromatic rings. The number of aliphatic hydroxyl groups excluding tert-OH is 6. The smallest absolute Gasteiger partial charge is 0.0483 e. The van der Waals surface area contributed by atoms with Crippen molar-refractivity contribution in [1.29, 1.82) is 0 Å². The van der Waals surface area contributed by atoms with E-state index in [1.165, 1.54) is 0 Å².